The number of aromatic nitrogens is 2. The van der Waals surface area contributed by atoms with Gasteiger partial charge in [-0.15, -0.1) is 12.4 Å². The fourth-order valence-electron chi connectivity index (χ4n) is 2.47. The lowest BCUT2D eigenvalue weighted by molar-refractivity contribution is -0.135. The van der Waals surface area contributed by atoms with Gasteiger partial charge >= 0.3 is 6.55 Å². The van der Waals surface area contributed by atoms with Crippen LogP contribution in [0.15, 0.2) is 12.4 Å². The molecule has 1 amide bonds. The average Bonchev–Trinajstić information content (AvgIpc) is 2.94. The third-order valence-electron chi connectivity index (χ3n) is 4.01. The van der Waals surface area contributed by atoms with Crippen molar-refractivity contribution in [2.75, 3.05) is 26.2 Å². The van der Waals surface area contributed by atoms with Gasteiger partial charge in [-0.05, 0) is 5.92 Å². The summed E-state index contributed by atoms with van der Waals surface area (Å²) in [6, 6.07) is -0.482. The zero-order chi connectivity index (χ0) is 16.3. The van der Waals surface area contributed by atoms with Crippen LogP contribution in [0.2, 0.25) is 0 Å². The average molecular weight is 352 g/mol. The largest absolute Gasteiger partial charge is 0.339 e. The van der Waals surface area contributed by atoms with Crippen molar-refractivity contribution in [1.82, 2.24) is 19.4 Å². The van der Waals surface area contributed by atoms with Gasteiger partial charge in [-0.1, -0.05) is 13.8 Å². The first kappa shape index (κ1) is 19.8. The molecule has 1 aliphatic rings. The maximum atomic E-state index is 12.8. The molecule has 9 heteroatoms. The van der Waals surface area contributed by atoms with Crippen LogP contribution in [-0.4, -0.2) is 57.5 Å². The second-order valence-electron chi connectivity index (χ2n) is 5.90. The van der Waals surface area contributed by atoms with Crippen molar-refractivity contribution in [3.63, 3.8) is 0 Å². The Labute approximate surface area is 141 Å². The smallest absolute Gasteiger partial charge is 0.319 e. The molecule has 6 nitrogen and oxygen atoms in total. The minimum Gasteiger partial charge on any atom is -0.339 e. The highest BCUT2D eigenvalue weighted by molar-refractivity contribution is 5.85. The Morgan fingerprint density at radius 3 is 2.43 bits per heavy atom. The molecule has 1 aromatic heterocycles. The molecule has 23 heavy (non-hydrogen) atoms. The van der Waals surface area contributed by atoms with E-state index in [-0.39, 0.29) is 24.2 Å². The third kappa shape index (κ3) is 4.86. The van der Waals surface area contributed by atoms with Crippen molar-refractivity contribution in [1.29, 1.82) is 0 Å². The summed E-state index contributed by atoms with van der Waals surface area (Å²) in [5, 5.41) is 0. The van der Waals surface area contributed by atoms with E-state index < -0.39 is 12.6 Å². The van der Waals surface area contributed by atoms with Crippen LogP contribution in [0.25, 0.3) is 0 Å². The van der Waals surface area contributed by atoms with Crippen molar-refractivity contribution in [3.05, 3.63) is 18.2 Å². The molecule has 1 atom stereocenters. The summed E-state index contributed by atoms with van der Waals surface area (Å²) in [6.45, 7) is 4.01. The van der Waals surface area contributed by atoms with Crippen molar-refractivity contribution in [2.24, 2.45) is 11.7 Å². The zero-order valence-electron chi connectivity index (χ0n) is 13.4. The standard InChI is InChI=1S/C14H23F2N5O.ClH/c1-10(2)12(17)13(22)20-7-5-19(6-8-20)9-11-18-3-4-21(11)14(15)16;/h3-4,10,12,14H,5-9,17H2,1-2H3;1H/t12-;/m0./s1. The third-order valence-corrected chi connectivity index (χ3v) is 4.01. The van der Waals surface area contributed by atoms with Gasteiger partial charge in [0.25, 0.3) is 0 Å². The van der Waals surface area contributed by atoms with E-state index in [0.29, 0.717) is 38.5 Å². The molecule has 0 spiro atoms. The Bertz CT molecular complexity index is 503. The van der Waals surface area contributed by atoms with Gasteiger partial charge in [0.05, 0.1) is 12.6 Å². The maximum Gasteiger partial charge on any atom is 0.319 e. The van der Waals surface area contributed by atoms with Crippen molar-refractivity contribution in [2.45, 2.75) is 33.0 Å². The predicted molar refractivity (Wildman–Crippen MR) is 85.4 cm³/mol. The molecule has 2 N–H and O–H groups in total. The number of alkyl halides is 2. The quantitative estimate of drug-likeness (QED) is 0.869. The van der Waals surface area contributed by atoms with E-state index in [1.54, 1.807) is 4.90 Å². The number of nitrogens with two attached hydrogens (primary N) is 1. The van der Waals surface area contributed by atoms with Crippen molar-refractivity contribution >= 4 is 18.3 Å². The lowest BCUT2D eigenvalue weighted by Crippen LogP contribution is -2.54. The molecule has 2 rings (SSSR count). The van der Waals surface area contributed by atoms with Gasteiger partial charge in [0.1, 0.15) is 5.82 Å². The highest BCUT2D eigenvalue weighted by atomic mass is 35.5. The van der Waals surface area contributed by atoms with E-state index in [2.05, 4.69) is 4.98 Å². The Hall–Kier alpha value is -1.25. The fraction of sp³-hybridized carbons (Fsp3) is 0.714. The molecule has 2 heterocycles. The number of carbonyl (C=O) groups excluding carboxylic acids is 1. The fourth-order valence-corrected chi connectivity index (χ4v) is 2.47. The van der Waals surface area contributed by atoms with E-state index >= 15 is 0 Å². The van der Waals surface area contributed by atoms with Crippen LogP contribution in [0, 0.1) is 5.92 Å². The SMILES string of the molecule is CC(C)[C@H](N)C(=O)N1CCN(Cc2nccn2C(F)F)CC1.Cl. The lowest BCUT2D eigenvalue weighted by Gasteiger charge is -2.36. The lowest BCUT2D eigenvalue weighted by atomic mass is 10.0. The van der Waals surface area contributed by atoms with Gasteiger partial charge in [0, 0.05) is 38.6 Å². The molecule has 0 aromatic carbocycles. The van der Waals surface area contributed by atoms with Gasteiger partial charge in [-0.25, -0.2) is 4.98 Å². The molecule has 1 fully saturated rings. The van der Waals surface area contributed by atoms with Crippen LogP contribution < -0.4 is 5.73 Å². The van der Waals surface area contributed by atoms with Crippen LogP contribution in [-0.2, 0) is 11.3 Å². The Kier molecular flexibility index (Phi) is 7.37. The molecular weight excluding hydrogens is 328 g/mol. The van der Waals surface area contributed by atoms with Crippen LogP contribution in [0.3, 0.4) is 0 Å². The zero-order valence-corrected chi connectivity index (χ0v) is 14.2. The number of nitrogens with zero attached hydrogens (tertiary/aromatic N) is 4. The van der Waals surface area contributed by atoms with Crippen LogP contribution in [0.1, 0.15) is 26.2 Å². The summed E-state index contributed by atoms with van der Waals surface area (Å²) in [5.41, 5.74) is 5.89. The molecule has 0 aliphatic carbocycles. The Morgan fingerprint density at radius 1 is 1.30 bits per heavy atom. The number of carbonyl (C=O) groups is 1. The first-order chi connectivity index (χ1) is 10.4. The maximum absolute atomic E-state index is 12.8. The van der Waals surface area contributed by atoms with E-state index in [9.17, 15) is 13.6 Å². The van der Waals surface area contributed by atoms with Crippen LogP contribution in [0.4, 0.5) is 8.78 Å². The molecule has 132 valence electrons. The minimum atomic E-state index is -2.58. The van der Waals surface area contributed by atoms with E-state index in [1.807, 2.05) is 18.7 Å². The number of hydrogen-bond acceptors (Lipinski definition) is 4. The van der Waals surface area contributed by atoms with Crippen LogP contribution in [0.5, 0.6) is 0 Å². The number of halogens is 3. The van der Waals surface area contributed by atoms with Crippen LogP contribution >= 0.6 is 12.4 Å². The van der Waals surface area contributed by atoms with E-state index in [1.165, 1.54) is 12.4 Å². The van der Waals surface area contributed by atoms with Gasteiger partial charge in [0.2, 0.25) is 5.91 Å². The van der Waals surface area contributed by atoms with Crippen molar-refractivity contribution < 1.29 is 13.6 Å². The first-order valence-electron chi connectivity index (χ1n) is 7.46. The topological polar surface area (TPSA) is 67.4 Å². The first-order valence-corrected chi connectivity index (χ1v) is 7.46. The monoisotopic (exact) mass is 351 g/mol. The van der Waals surface area contributed by atoms with Gasteiger partial charge < -0.3 is 10.6 Å². The van der Waals surface area contributed by atoms with E-state index in [0.717, 1.165) is 4.57 Å². The molecule has 0 bridgehead atoms. The van der Waals surface area contributed by atoms with Gasteiger partial charge in [-0.2, -0.15) is 8.78 Å². The Morgan fingerprint density at radius 2 is 1.91 bits per heavy atom. The highest BCUT2D eigenvalue weighted by Crippen LogP contribution is 2.15. The molecule has 1 aliphatic heterocycles. The predicted octanol–water partition coefficient (Wildman–Crippen LogP) is 1.33. The number of hydrogen-bond donors (Lipinski definition) is 1. The van der Waals surface area contributed by atoms with Crippen molar-refractivity contribution in [3.8, 4) is 0 Å². The molecule has 0 radical (unpaired) electrons. The second-order valence-corrected chi connectivity index (χ2v) is 5.90. The summed E-state index contributed by atoms with van der Waals surface area (Å²) in [4.78, 5) is 19.9. The summed E-state index contributed by atoms with van der Waals surface area (Å²) < 4.78 is 26.4. The number of piperazine rings is 1. The minimum absolute atomic E-state index is 0. The van der Waals surface area contributed by atoms with E-state index in [4.69, 9.17) is 5.73 Å². The summed E-state index contributed by atoms with van der Waals surface area (Å²) in [5.74, 6) is 0.404. The molecule has 0 unspecified atom stereocenters. The normalized spacial score (nSPS) is 17.4. The second kappa shape index (κ2) is 8.56. The number of amides is 1. The highest BCUT2D eigenvalue weighted by Gasteiger charge is 2.27. The number of imidazole rings is 1. The molecule has 1 saturated heterocycles. The van der Waals surface area contributed by atoms with Gasteiger partial charge in [0.15, 0.2) is 0 Å². The molecule has 0 saturated carbocycles. The summed E-state index contributed by atoms with van der Waals surface area (Å²) >= 11 is 0. The molecule has 1 aromatic rings. The van der Waals surface area contributed by atoms with Gasteiger partial charge in [-0.3, -0.25) is 14.3 Å². The summed E-state index contributed by atoms with van der Waals surface area (Å²) in [7, 11) is 0. The summed E-state index contributed by atoms with van der Waals surface area (Å²) in [6.07, 6.45) is 2.66. The Balaban J connectivity index is 0.00000264. The molecular formula is C14H24ClF2N5O. The number of rotatable bonds is 5.